The Labute approximate surface area is 115 Å². The number of aryl methyl sites for hydroxylation is 1. The molecule has 0 saturated heterocycles. The van der Waals surface area contributed by atoms with Gasteiger partial charge in [0.15, 0.2) is 10.8 Å². The first-order chi connectivity index (χ1) is 9.06. The molecular weight excluding hydrogens is 266 g/mol. The summed E-state index contributed by atoms with van der Waals surface area (Å²) in [5.41, 5.74) is 2.46. The number of carbonyl (C=O) groups excluding carboxylic acids is 1. The van der Waals surface area contributed by atoms with Crippen LogP contribution in [0.15, 0.2) is 18.2 Å². The largest absolute Gasteiger partial charge is 0.465 e. The number of ether oxygens (including phenoxy) is 1. The monoisotopic (exact) mass is 275 g/mol. The molecule has 0 aliphatic carbocycles. The van der Waals surface area contributed by atoms with E-state index >= 15 is 0 Å². The minimum Gasteiger partial charge on any atom is -0.465 e. The number of carbonyl (C=O) groups is 1. The van der Waals surface area contributed by atoms with Crippen molar-refractivity contribution >= 4 is 23.5 Å². The average molecular weight is 276 g/mol. The van der Waals surface area contributed by atoms with Crippen LogP contribution >= 0.6 is 11.6 Å². The topological polar surface area (TPSA) is 59.3 Å². The molecule has 0 bridgehead atoms. The van der Waals surface area contributed by atoms with Gasteiger partial charge in [-0.05, 0) is 36.2 Å². The van der Waals surface area contributed by atoms with Crippen molar-refractivity contribution in [1.82, 2.24) is 9.97 Å². The number of aromatic nitrogens is 2. The number of halogens is 1. The number of methoxy groups -OCH3 is 1. The predicted molar refractivity (Wildman–Crippen MR) is 71.4 cm³/mol. The lowest BCUT2D eigenvalue weighted by atomic mass is 10.0. The maximum atomic E-state index is 11.5. The van der Waals surface area contributed by atoms with E-state index in [1.807, 2.05) is 6.92 Å². The highest BCUT2D eigenvalue weighted by Crippen LogP contribution is 2.31. The van der Waals surface area contributed by atoms with Crippen molar-refractivity contribution in [3.8, 4) is 11.3 Å². The van der Waals surface area contributed by atoms with Crippen LogP contribution in [0.3, 0.4) is 0 Å². The Bertz CT molecular complexity index is 686. The smallest absolute Gasteiger partial charge is 0.338 e. The maximum Gasteiger partial charge on any atom is 0.338 e. The molecule has 1 aromatic carbocycles. The number of H-pyrrole nitrogens is 1. The van der Waals surface area contributed by atoms with Crippen LogP contribution in [0.1, 0.15) is 15.9 Å². The summed E-state index contributed by atoms with van der Waals surface area (Å²) in [5, 5.41) is 0.274. The van der Waals surface area contributed by atoms with E-state index in [4.69, 9.17) is 18.2 Å². The summed E-state index contributed by atoms with van der Waals surface area (Å²) in [7, 11) is 1.32. The highest BCUT2D eigenvalue weighted by Gasteiger charge is 2.18. The first-order valence-electron chi connectivity index (χ1n) is 5.39. The molecule has 6 heteroatoms. The average Bonchev–Trinajstić information content (AvgIpc) is 2.79. The summed E-state index contributed by atoms with van der Waals surface area (Å²) in [4.78, 5) is 21.5. The molecule has 19 heavy (non-hydrogen) atoms. The number of rotatable bonds is 2. The molecule has 0 amide bonds. The highest BCUT2D eigenvalue weighted by atomic mass is 35.5. The van der Waals surface area contributed by atoms with E-state index in [0.29, 0.717) is 16.8 Å². The van der Waals surface area contributed by atoms with Gasteiger partial charge < -0.3 is 9.58 Å². The summed E-state index contributed by atoms with van der Waals surface area (Å²) >= 11 is 6.02. The zero-order chi connectivity index (χ0) is 14.0. The van der Waals surface area contributed by atoms with Crippen molar-refractivity contribution in [3.05, 3.63) is 45.9 Å². The van der Waals surface area contributed by atoms with Crippen LogP contribution in [-0.2, 0) is 4.74 Å². The Morgan fingerprint density at radius 1 is 1.53 bits per heavy atom. The van der Waals surface area contributed by atoms with E-state index in [2.05, 4.69) is 19.5 Å². The second kappa shape index (κ2) is 5.12. The van der Waals surface area contributed by atoms with Gasteiger partial charge in [-0.1, -0.05) is 6.07 Å². The minimum absolute atomic E-state index is 0.114. The lowest BCUT2D eigenvalue weighted by molar-refractivity contribution is 0.0601. The Hall–Kier alpha value is -2.32. The number of imidazole rings is 1. The number of aromatic amines is 1. The van der Waals surface area contributed by atoms with E-state index in [0.717, 1.165) is 5.56 Å². The summed E-state index contributed by atoms with van der Waals surface area (Å²) < 4.78 is 4.67. The van der Waals surface area contributed by atoms with Crippen molar-refractivity contribution in [2.24, 2.45) is 0 Å². The lowest BCUT2D eigenvalue weighted by Crippen LogP contribution is -2.01. The van der Waals surface area contributed by atoms with Crippen LogP contribution in [0.4, 0.5) is 5.95 Å². The molecule has 2 rings (SSSR count). The van der Waals surface area contributed by atoms with Gasteiger partial charge in [-0.3, -0.25) is 4.98 Å². The van der Waals surface area contributed by atoms with E-state index in [1.54, 1.807) is 18.2 Å². The Morgan fingerprint density at radius 3 is 2.84 bits per heavy atom. The number of benzene rings is 1. The molecule has 1 aromatic heterocycles. The second-order valence-electron chi connectivity index (χ2n) is 3.86. The van der Waals surface area contributed by atoms with E-state index in [-0.39, 0.29) is 11.1 Å². The van der Waals surface area contributed by atoms with Gasteiger partial charge in [-0.2, -0.15) is 0 Å². The van der Waals surface area contributed by atoms with Crippen LogP contribution < -0.4 is 0 Å². The number of nitrogens with one attached hydrogen (secondary N) is 1. The van der Waals surface area contributed by atoms with Crippen LogP contribution in [0.2, 0.25) is 5.15 Å². The zero-order valence-corrected chi connectivity index (χ0v) is 11.1. The molecule has 0 saturated carbocycles. The summed E-state index contributed by atoms with van der Waals surface area (Å²) in [6, 6.07) is 5.10. The molecule has 0 aliphatic rings. The Kier molecular flexibility index (Phi) is 3.54. The van der Waals surface area contributed by atoms with Crippen LogP contribution in [0.25, 0.3) is 16.1 Å². The molecule has 1 N–H and O–H groups in total. The SMILES string of the molecule is [C-]#[N+]c1nc(-c2cc(C(=O)OC)ccc2C)c(Cl)[nH]1. The Morgan fingerprint density at radius 2 is 2.26 bits per heavy atom. The molecule has 0 aliphatic heterocycles. The van der Waals surface area contributed by atoms with Crippen molar-refractivity contribution in [1.29, 1.82) is 0 Å². The Balaban J connectivity index is 2.58. The predicted octanol–water partition coefficient (Wildman–Crippen LogP) is 3.38. The molecule has 2 aromatic rings. The maximum absolute atomic E-state index is 11.5. The van der Waals surface area contributed by atoms with Crippen molar-refractivity contribution < 1.29 is 9.53 Å². The number of hydrogen-bond donors (Lipinski definition) is 1. The van der Waals surface area contributed by atoms with Gasteiger partial charge >= 0.3 is 11.9 Å². The lowest BCUT2D eigenvalue weighted by Gasteiger charge is -2.04. The second-order valence-corrected chi connectivity index (χ2v) is 4.23. The quantitative estimate of drug-likeness (QED) is 0.675. The number of nitrogens with zero attached hydrogens (tertiary/aromatic N) is 2. The third-order valence-electron chi connectivity index (χ3n) is 2.67. The van der Waals surface area contributed by atoms with Crippen LogP contribution in [-0.4, -0.2) is 23.0 Å². The third kappa shape index (κ3) is 2.44. The summed E-state index contributed by atoms with van der Waals surface area (Å²) in [5.74, 6) is -0.318. The van der Waals surface area contributed by atoms with Gasteiger partial charge in [0.2, 0.25) is 0 Å². The van der Waals surface area contributed by atoms with Crippen molar-refractivity contribution in [2.75, 3.05) is 7.11 Å². The van der Waals surface area contributed by atoms with Gasteiger partial charge in [0.25, 0.3) is 0 Å². The number of esters is 1. The fourth-order valence-corrected chi connectivity index (χ4v) is 1.92. The first kappa shape index (κ1) is 13.1. The molecule has 0 radical (unpaired) electrons. The van der Waals surface area contributed by atoms with Crippen molar-refractivity contribution in [3.63, 3.8) is 0 Å². The van der Waals surface area contributed by atoms with E-state index in [1.165, 1.54) is 7.11 Å². The first-order valence-corrected chi connectivity index (χ1v) is 5.77. The molecular formula is C13H10ClN3O2. The van der Waals surface area contributed by atoms with Gasteiger partial charge in [0, 0.05) is 5.56 Å². The van der Waals surface area contributed by atoms with Crippen LogP contribution in [0.5, 0.6) is 0 Å². The van der Waals surface area contributed by atoms with Crippen molar-refractivity contribution in [2.45, 2.75) is 6.92 Å². The highest BCUT2D eigenvalue weighted by molar-refractivity contribution is 6.32. The van der Waals surface area contributed by atoms with Gasteiger partial charge in [0.05, 0.1) is 12.7 Å². The molecule has 0 fully saturated rings. The summed E-state index contributed by atoms with van der Waals surface area (Å²) in [6.07, 6.45) is 0. The van der Waals surface area contributed by atoms with E-state index in [9.17, 15) is 4.79 Å². The van der Waals surface area contributed by atoms with Gasteiger partial charge in [-0.15, -0.1) is 11.6 Å². The molecule has 96 valence electrons. The van der Waals surface area contributed by atoms with Gasteiger partial charge in [-0.25, -0.2) is 4.79 Å². The molecule has 0 spiro atoms. The number of hydrogen-bond acceptors (Lipinski definition) is 3. The van der Waals surface area contributed by atoms with Crippen LogP contribution in [0, 0.1) is 13.5 Å². The standard InChI is InChI=1S/C13H10ClN3O2/c1-7-4-5-8(12(18)19-3)6-9(7)10-11(14)17-13(15-2)16-10/h4-6H,1,3H3,(H,16,17). The molecule has 0 unspecified atom stereocenters. The molecule has 1 heterocycles. The van der Waals surface area contributed by atoms with E-state index < -0.39 is 5.97 Å². The third-order valence-corrected chi connectivity index (χ3v) is 2.94. The molecule has 5 nitrogen and oxygen atoms in total. The minimum atomic E-state index is -0.432. The fourth-order valence-electron chi connectivity index (χ4n) is 1.69. The zero-order valence-electron chi connectivity index (χ0n) is 10.3. The molecule has 0 atom stereocenters. The van der Waals surface area contributed by atoms with Gasteiger partial charge in [0.1, 0.15) is 0 Å². The normalized spacial score (nSPS) is 10.0. The summed E-state index contributed by atoms with van der Waals surface area (Å²) in [6.45, 7) is 8.78. The fraction of sp³-hybridized carbons (Fsp3) is 0.154.